The molecule has 1 atom stereocenters. The molecule has 34 heavy (non-hydrogen) atoms. The van der Waals surface area contributed by atoms with Crippen LogP contribution in [-0.4, -0.2) is 10.8 Å². The van der Waals surface area contributed by atoms with Gasteiger partial charge in [-0.3, -0.25) is 14.9 Å². The van der Waals surface area contributed by atoms with Gasteiger partial charge in [0.2, 0.25) is 0 Å². The molecule has 0 unspecified atom stereocenters. The van der Waals surface area contributed by atoms with Crippen molar-refractivity contribution in [2.24, 2.45) is 0 Å². The Morgan fingerprint density at radius 2 is 1.50 bits per heavy atom. The van der Waals surface area contributed by atoms with Crippen LogP contribution in [0.3, 0.4) is 0 Å². The standard InChI is InChI=1S/C29H24N2O3/c1-21-11-8-9-18-26(21)28(24-15-6-3-7-16-24)30-29(32)27(23-13-4-2-5-14-23)20-22-12-10-17-25(19-22)31(33)34/h2-20,28H,1H3,(H,30,32)/b27-20+/t28-/m1/s1. The molecule has 0 aliphatic rings. The highest BCUT2D eigenvalue weighted by molar-refractivity contribution is 6.24. The van der Waals surface area contributed by atoms with Crippen LogP contribution in [0.1, 0.15) is 33.9 Å². The van der Waals surface area contributed by atoms with Crippen LogP contribution in [0, 0.1) is 17.0 Å². The van der Waals surface area contributed by atoms with Crippen molar-refractivity contribution in [3.05, 3.63) is 147 Å². The molecule has 0 aromatic heterocycles. The number of aryl methyl sites for hydroxylation is 1. The van der Waals surface area contributed by atoms with Crippen LogP contribution in [0.2, 0.25) is 0 Å². The Kier molecular flexibility index (Phi) is 6.94. The van der Waals surface area contributed by atoms with Crippen molar-refractivity contribution in [1.29, 1.82) is 0 Å². The molecule has 0 aliphatic carbocycles. The highest BCUT2D eigenvalue weighted by Crippen LogP contribution is 2.27. The maximum Gasteiger partial charge on any atom is 0.270 e. The monoisotopic (exact) mass is 448 g/mol. The van der Waals surface area contributed by atoms with E-state index in [0.717, 1.165) is 22.3 Å². The van der Waals surface area contributed by atoms with Gasteiger partial charge in [-0.1, -0.05) is 97.1 Å². The molecule has 0 aliphatic heterocycles. The van der Waals surface area contributed by atoms with E-state index in [1.165, 1.54) is 12.1 Å². The number of carbonyl (C=O) groups excluding carboxylic acids is 1. The van der Waals surface area contributed by atoms with Gasteiger partial charge in [0.25, 0.3) is 11.6 Å². The lowest BCUT2D eigenvalue weighted by Crippen LogP contribution is -2.30. The zero-order valence-electron chi connectivity index (χ0n) is 18.7. The lowest BCUT2D eigenvalue weighted by atomic mass is 9.94. The maximum absolute atomic E-state index is 13.7. The molecular weight excluding hydrogens is 424 g/mol. The van der Waals surface area contributed by atoms with E-state index in [0.29, 0.717) is 11.1 Å². The van der Waals surface area contributed by atoms with Gasteiger partial charge >= 0.3 is 0 Å². The second kappa shape index (κ2) is 10.4. The molecule has 4 aromatic carbocycles. The summed E-state index contributed by atoms with van der Waals surface area (Å²) < 4.78 is 0. The summed E-state index contributed by atoms with van der Waals surface area (Å²) in [6.07, 6.45) is 1.69. The van der Waals surface area contributed by atoms with E-state index in [1.807, 2.05) is 91.9 Å². The zero-order valence-corrected chi connectivity index (χ0v) is 18.7. The lowest BCUT2D eigenvalue weighted by molar-refractivity contribution is -0.384. The number of benzene rings is 4. The largest absolute Gasteiger partial charge is 0.341 e. The number of rotatable bonds is 7. The zero-order chi connectivity index (χ0) is 23.9. The van der Waals surface area contributed by atoms with Crippen LogP contribution in [-0.2, 0) is 4.79 Å². The molecule has 0 bridgehead atoms. The molecular formula is C29H24N2O3. The highest BCUT2D eigenvalue weighted by atomic mass is 16.6. The van der Waals surface area contributed by atoms with E-state index in [9.17, 15) is 14.9 Å². The Hall–Kier alpha value is -4.51. The summed E-state index contributed by atoms with van der Waals surface area (Å²) in [5.41, 5.74) is 4.75. The number of hydrogen-bond acceptors (Lipinski definition) is 3. The fourth-order valence-electron chi connectivity index (χ4n) is 3.90. The predicted molar refractivity (Wildman–Crippen MR) is 135 cm³/mol. The average molecular weight is 449 g/mol. The normalized spacial score (nSPS) is 12.1. The van der Waals surface area contributed by atoms with Crippen molar-refractivity contribution in [2.45, 2.75) is 13.0 Å². The van der Waals surface area contributed by atoms with E-state index in [2.05, 4.69) is 5.32 Å². The summed E-state index contributed by atoms with van der Waals surface area (Å²) in [6, 6.07) is 33.0. The van der Waals surface area contributed by atoms with Crippen LogP contribution in [0.4, 0.5) is 5.69 Å². The third-order valence-electron chi connectivity index (χ3n) is 5.63. The quantitative estimate of drug-likeness (QED) is 0.155. The smallest absolute Gasteiger partial charge is 0.270 e. The fraction of sp³-hybridized carbons (Fsp3) is 0.0690. The topological polar surface area (TPSA) is 72.2 Å². The number of nitrogens with one attached hydrogen (secondary N) is 1. The molecule has 5 nitrogen and oxygen atoms in total. The molecule has 168 valence electrons. The van der Waals surface area contributed by atoms with Gasteiger partial charge in [0, 0.05) is 17.7 Å². The van der Waals surface area contributed by atoms with Crippen LogP contribution in [0.5, 0.6) is 0 Å². The fourth-order valence-corrected chi connectivity index (χ4v) is 3.90. The highest BCUT2D eigenvalue weighted by Gasteiger charge is 2.21. The molecule has 1 amide bonds. The Bertz CT molecular complexity index is 1330. The van der Waals surface area contributed by atoms with Crippen LogP contribution in [0.25, 0.3) is 11.6 Å². The summed E-state index contributed by atoms with van der Waals surface area (Å²) in [6.45, 7) is 2.02. The minimum absolute atomic E-state index is 0.0244. The van der Waals surface area contributed by atoms with Crippen LogP contribution in [0.15, 0.2) is 109 Å². The summed E-state index contributed by atoms with van der Waals surface area (Å²) in [4.78, 5) is 24.5. The molecule has 0 saturated heterocycles. The third-order valence-corrected chi connectivity index (χ3v) is 5.63. The van der Waals surface area contributed by atoms with Crippen LogP contribution < -0.4 is 5.32 Å². The summed E-state index contributed by atoms with van der Waals surface area (Å²) in [7, 11) is 0. The molecule has 0 spiro atoms. The average Bonchev–Trinajstić information content (AvgIpc) is 2.87. The van der Waals surface area contributed by atoms with Crippen molar-refractivity contribution < 1.29 is 9.72 Å². The number of hydrogen-bond donors (Lipinski definition) is 1. The minimum atomic E-state index is -0.441. The molecule has 4 aromatic rings. The Balaban J connectivity index is 1.77. The predicted octanol–water partition coefficient (Wildman–Crippen LogP) is 6.35. The Morgan fingerprint density at radius 1 is 0.853 bits per heavy atom. The number of nitrogens with zero attached hydrogens (tertiary/aromatic N) is 1. The van der Waals surface area contributed by atoms with Gasteiger partial charge < -0.3 is 5.32 Å². The maximum atomic E-state index is 13.7. The first kappa shape index (κ1) is 22.7. The molecule has 0 fully saturated rings. The second-order valence-electron chi connectivity index (χ2n) is 7.95. The van der Waals surface area contributed by atoms with E-state index < -0.39 is 4.92 Å². The number of carbonyl (C=O) groups is 1. The van der Waals surface area contributed by atoms with Gasteiger partial charge in [-0.05, 0) is 40.8 Å². The Morgan fingerprint density at radius 3 is 2.18 bits per heavy atom. The number of amides is 1. The summed E-state index contributed by atoms with van der Waals surface area (Å²) in [5, 5.41) is 14.4. The van der Waals surface area contributed by atoms with Crippen LogP contribution >= 0.6 is 0 Å². The van der Waals surface area contributed by atoms with Crippen molar-refractivity contribution in [3.63, 3.8) is 0 Å². The van der Waals surface area contributed by atoms with Crippen molar-refractivity contribution in [1.82, 2.24) is 5.32 Å². The molecule has 0 saturated carbocycles. The summed E-state index contributed by atoms with van der Waals surface area (Å²) in [5.74, 6) is -0.269. The first-order valence-electron chi connectivity index (χ1n) is 11.0. The minimum Gasteiger partial charge on any atom is -0.341 e. The van der Waals surface area contributed by atoms with Gasteiger partial charge in [-0.15, -0.1) is 0 Å². The molecule has 1 N–H and O–H groups in total. The first-order valence-corrected chi connectivity index (χ1v) is 11.0. The number of non-ortho nitro benzene ring substituents is 1. The van der Waals surface area contributed by atoms with Crippen molar-refractivity contribution in [2.75, 3.05) is 0 Å². The number of nitro groups is 1. The van der Waals surface area contributed by atoms with E-state index >= 15 is 0 Å². The van der Waals surface area contributed by atoms with Gasteiger partial charge in [0.1, 0.15) is 0 Å². The van der Waals surface area contributed by atoms with Gasteiger partial charge in [-0.25, -0.2) is 0 Å². The van der Waals surface area contributed by atoms with Gasteiger partial charge in [0.05, 0.1) is 11.0 Å². The van der Waals surface area contributed by atoms with E-state index in [4.69, 9.17) is 0 Å². The molecule has 5 heteroatoms. The van der Waals surface area contributed by atoms with Crippen molar-refractivity contribution >= 4 is 23.2 Å². The van der Waals surface area contributed by atoms with Crippen molar-refractivity contribution in [3.8, 4) is 0 Å². The lowest BCUT2D eigenvalue weighted by Gasteiger charge is -2.22. The third kappa shape index (κ3) is 5.27. The van der Waals surface area contributed by atoms with E-state index in [1.54, 1.807) is 18.2 Å². The van der Waals surface area contributed by atoms with Gasteiger partial charge in [-0.2, -0.15) is 0 Å². The first-order chi connectivity index (χ1) is 16.5. The molecule has 0 heterocycles. The SMILES string of the molecule is Cc1ccccc1[C@H](NC(=O)/C(=C/c1cccc([N+](=O)[O-])c1)c1ccccc1)c1ccccc1. The summed E-state index contributed by atoms with van der Waals surface area (Å²) >= 11 is 0. The molecule has 0 radical (unpaired) electrons. The second-order valence-corrected chi connectivity index (χ2v) is 7.95. The number of nitro benzene ring substituents is 1. The van der Waals surface area contributed by atoms with E-state index in [-0.39, 0.29) is 17.6 Å². The molecule has 4 rings (SSSR count). The Labute approximate surface area is 198 Å². The van der Waals surface area contributed by atoms with Gasteiger partial charge in [0.15, 0.2) is 0 Å².